The van der Waals surface area contributed by atoms with Crippen LogP contribution in [0.2, 0.25) is 0 Å². The molecule has 0 fully saturated rings. The number of aromatic nitrogens is 5. The van der Waals surface area contributed by atoms with Gasteiger partial charge in [0, 0.05) is 6.04 Å². The van der Waals surface area contributed by atoms with Crippen LogP contribution in [0.15, 0.2) is 12.1 Å². The van der Waals surface area contributed by atoms with Crippen molar-refractivity contribution in [3.8, 4) is 0 Å². The molecule has 1 unspecified atom stereocenters. The van der Waals surface area contributed by atoms with Crippen LogP contribution in [0.25, 0.3) is 5.65 Å². The number of fused-ring (bicyclic) bond motifs is 1. The largest absolute Gasteiger partial charge is 0.481 e. The number of nitrogens with one attached hydrogen (secondary N) is 1. The van der Waals surface area contributed by atoms with E-state index in [2.05, 4.69) is 25.9 Å². The average molecular weight is 264 g/mol. The van der Waals surface area contributed by atoms with Crippen molar-refractivity contribution >= 4 is 17.4 Å². The minimum atomic E-state index is -0.851. The van der Waals surface area contributed by atoms with Gasteiger partial charge in [-0.3, -0.25) is 4.79 Å². The van der Waals surface area contributed by atoms with Gasteiger partial charge in [-0.05, 0) is 28.0 Å². The van der Waals surface area contributed by atoms with E-state index in [0.29, 0.717) is 11.5 Å². The van der Waals surface area contributed by atoms with Crippen molar-refractivity contribution in [3.05, 3.63) is 12.1 Å². The predicted molar refractivity (Wildman–Crippen MR) is 67.7 cm³/mol. The van der Waals surface area contributed by atoms with E-state index in [9.17, 15) is 4.79 Å². The van der Waals surface area contributed by atoms with Gasteiger partial charge in [0.25, 0.3) is 0 Å². The Hall–Kier alpha value is -2.25. The molecule has 2 heterocycles. The molecule has 0 amide bonds. The molecular weight excluding hydrogens is 248 g/mol. The van der Waals surface area contributed by atoms with E-state index >= 15 is 0 Å². The Kier molecular flexibility index (Phi) is 3.32. The minimum Gasteiger partial charge on any atom is -0.481 e. The van der Waals surface area contributed by atoms with Crippen LogP contribution in [-0.2, 0) is 4.79 Å². The molecule has 0 spiro atoms. The molecule has 8 heteroatoms. The molecule has 1 atom stereocenters. The number of carbonyl (C=O) groups is 1. The Morgan fingerprint density at radius 3 is 2.84 bits per heavy atom. The van der Waals surface area contributed by atoms with Crippen molar-refractivity contribution in [2.24, 2.45) is 5.41 Å². The van der Waals surface area contributed by atoms with Gasteiger partial charge >= 0.3 is 5.97 Å². The number of aliphatic carboxylic acids is 1. The molecule has 0 saturated carbocycles. The first-order chi connectivity index (χ1) is 8.86. The summed E-state index contributed by atoms with van der Waals surface area (Å²) in [7, 11) is 0. The van der Waals surface area contributed by atoms with Gasteiger partial charge in [-0.25, -0.2) is 0 Å². The molecule has 2 N–H and O–H groups in total. The standard InChI is InChI=1S/C11H16N6O2/c1-11(2,3)7(6-10(18)19)12-8-4-5-9-13-15-16-17(9)14-8/h4-5,7H,6H2,1-3H3,(H,12,14)(H,18,19). The molecule has 2 aromatic heterocycles. The fraction of sp³-hybridized carbons (Fsp3) is 0.545. The number of carboxylic acids is 1. The maximum Gasteiger partial charge on any atom is 0.305 e. The highest BCUT2D eigenvalue weighted by atomic mass is 16.4. The van der Waals surface area contributed by atoms with Crippen LogP contribution in [0.1, 0.15) is 27.2 Å². The van der Waals surface area contributed by atoms with Gasteiger partial charge in [-0.1, -0.05) is 20.8 Å². The third-order valence-corrected chi connectivity index (χ3v) is 2.82. The Balaban J connectivity index is 2.22. The summed E-state index contributed by atoms with van der Waals surface area (Å²) in [4.78, 5) is 10.9. The molecule has 0 aromatic carbocycles. The summed E-state index contributed by atoms with van der Waals surface area (Å²) < 4.78 is 1.29. The summed E-state index contributed by atoms with van der Waals surface area (Å²) in [5.41, 5.74) is 0.325. The SMILES string of the molecule is CC(C)(C)C(CC(=O)O)Nc1ccc2nnnn2n1. The summed E-state index contributed by atoms with van der Waals surface area (Å²) in [6.07, 6.45) is 0.0127. The number of hydrogen-bond acceptors (Lipinski definition) is 6. The second kappa shape index (κ2) is 4.79. The maximum atomic E-state index is 10.9. The predicted octanol–water partition coefficient (Wildman–Crippen LogP) is 0.821. The number of hydrogen-bond donors (Lipinski definition) is 2. The highest BCUT2D eigenvalue weighted by Crippen LogP contribution is 2.25. The van der Waals surface area contributed by atoms with E-state index < -0.39 is 5.97 Å². The van der Waals surface area contributed by atoms with Crippen molar-refractivity contribution in [3.63, 3.8) is 0 Å². The number of anilines is 1. The minimum absolute atomic E-state index is 0.0127. The van der Waals surface area contributed by atoms with Crippen LogP contribution >= 0.6 is 0 Å². The molecule has 2 rings (SSSR count). The van der Waals surface area contributed by atoms with Crippen molar-refractivity contribution in [1.82, 2.24) is 25.3 Å². The zero-order valence-corrected chi connectivity index (χ0v) is 11.0. The van der Waals surface area contributed by atoms with E-state index in [1.165, 1.54) is 4.63 Å². The van der Waals surface area contributed by atoms with Crippen LogP contribution in [0, 0.1) is 5.41 Å². The van der Waals surface area contributed by atoms with E-state index in [0.717, 1.165) is 0 Å². The summed E-state index contributed by atoms with van der Waals surface area (Å²) in [5, 5.41) is 27.2. The molecular formula is C11H16N6O2. The normalized spacial score (nSPS) is 13.4. The second-order valence-corrected chi connectivity index (χ2v) is 5.41. The molecule has 102 valence electrons. The third kappa shape index (κ3) is 3.15. The van der Waals surface area contributed by atoms with Crippen LogP contribution in [0.4, 0.5) is 5.82 Å². The average Bonchev–Trinajstić information content (AvgIpc) is 2.73. The van der Waals surface area contributed by atoms with Crippen molar-refractivity contribution in [2.75, 3.05) is 5.32 Å². The van der Waals surface area contributed by atoms with Crippen molar-refractivity contribution < 1.29 is 9.90 Å². The zero-order chi connectivity index (χ0) is 14.0. The topological polar surface area (TPSA) is 105 Å². The lowest BCUT2D eigenvalue weighted by atomic mass is 9.85. The van der Waals surface area contributed by atoms with Crippen molar-refractivity contribution in [1.29, 1.82) is 0 Å². The van der Waals surface area contributed by atoms with E-state index in [4.69, 9.17) is 5.11 Å². The Morgan fingerprint density at radius 1 is 1.47 bits per heavy atom. The van der Waals surface area contributed by atoms with Gasteiger partial charge in [0.15, 0.2) is 5.65 Å². The lowest BCUT2D eigenvalue weighted by Crippen LogP contribution is -2.36. The number of carboxylic acid groups (broad SMARTS) is 1. The van der Waals surface area contributed by atoms with Crippen LogP contribution in [0.5, 0.6) is 0 Å². The molecule has 0 aliphatic carbocycles. The summed E-state index contributed by atoms with van der Waals surface area (Å²) >= 11 is 0. The van der Waals surface area contributed by atoms with E-state index in [-0.39, 0.29) is 17.9 Å². The summed E-state index contributed by atoms with van der Waals surface area (Å²) in [5.74, 6) is -0.308. The summed E-state index contributed by atoms with van der Waals surface area (Å²) in [6, 6.07) is 3.20. The van der Waals surface area contributed by atoms with Crippen LogP contribution in [0.3, 0.4) is 0 Å². The first kappa shape index (κ1) is 13.2. The quantitative estimate of drug-likeness (QED) is 0.842. The lowest BCUT2D eigenvalue weighted by molar-refractivity contribution is -0.137. The molecule has 0 bridgehead atoms. The fourth-order valence-corrected chi connectivity index (χ4v) is 1.65. The van der Waals surface area contributed by atoms with Gasteiger partial charge in [0.05, 0.1) is 6.42 Å². The number of rotatable bonds is 4. The molecule has 0 aliphatic heterocycles. The molecule has 8 nitrogen and oxygen atoms in total. The molecule has 0 saturated heterocycles. The lowest BCUT2D eigenvalue weighted by Gasteiger charge is -2.30. The Morgan fingerprint density at radius 2 is 2.21 bits per heavy atom. The Labute approximate surface area is 109 Å². The highest BCUT2D eigenvalue weighted by molar-refractivity contribution is 5.68. The summed E-state index contributed by atoms with van der Waals surface area (Å²) in [6.45, 7) is 5.93. The van der Waals surface area contributed by atoms with E-state index in [1.54, 1.807) is 12.1 Å². The van der Waals surface area contributed by atoms with Gasteiger partial charge < -0.3 is 10.4 Å². The molecule has 2 aromatic rings. The van der Waals surface area contributed by atoms with Crippen LogP contribution in [-0.4, -0.2) is 42.4 Å². The molecule has 0 radical (unpaired) electrons. The van der Waals surface area contributed by atoms with Crippen LogP contribution < -0.4 is 5.32 Å². The van der Waals surface area contributed by atoms with E-state index in [1.807, 2.05) is 20.8 Å². The second-order valence-electron chi connectivity index (χ2n) is 5.41. The number of tetrazole rings is 1. The van der Waals surface area contributed by atoms with Crippen molar-refractivity contribution in [2.45, 2.75) is 33.2 Å². The zero-order valence-electron chi connectivity index (χ0n) is 11.0. The smallest absolute Gasteiger partial charge is 0.305 e. The highest BCUT2D eigenvalue weighted by Gasteiger charge is 2.27. The third-order valence-electron chi connectivity index (χ3n) is 2.82. The van der Waals surface area contributed by atoms with Gasteiger partial charge in [0.1, 0.15) is 5.82 Å². The van der Waals surface area contributed by atoms with Gasteiger partial charge in [-0.15, -0.1) is 14.8 Å². The van der Waals surface area contributed by atoms with Gasteiger partial charge in [0.2, 0.25) is 0 Å². The first-order valence-electron chi connectivity index (χ1n) is 5.90. The number of nitrogens with zero attached hydrogens (tertiary/aromatic N) is 5. The van der Waals surface area contributed by atoms with Gasteiger partial charge in [-0.2, -0.15) is 0 Å². The fourth-order valence-electron chi connectivity index (χ4n) is 1.65. The maximum absolute atomic E-state index is 10.9. The monoisotopic (exact) mass is 264 g/mol. The molecule has 0 aliphatic rings. The first-order valence-corrected chi connectivity index (χ1v) is 5.90. The Bertz CT molecular complexity index is 588. The molecule has 19 heavy (non-hydrogen) atoms.